The number of nitrogens with zero attached hydrogens (tertiary/aromatic N) is 1. The second-order valence-electron chi connectivity index (χ2n) is 3.30. The quantitative estimate of drug-likeness (QED) is 0.770. The average Bonchev–Trinajstić information content (AvgIpc) is 2.18. The van der Waals surface area contributed by atoms with Gasteiger partial charge >= 0.3 is 5.97 Å². The molecule has 1 unspecified atom stereocenters. The van der Waals surface area contributed by atoms with E-state index in [4.69, 9.17) is 10.8 Å². The van der Waals surface area contributed by atoms with Crippen molar-refractivity contribution in [1.82, 2.24) is 0 Å². The number of halogens is 1. The maximum atomic E-state index is 12.6. The minimum atomic E-state index is -1.05. The molecule has 3 N–H and O–H groups in total. The summed E-state index contributed by atoms with van der Waals surface area (Å²) < 4.78 is 12.6. The number of rotatable bonds is 4. The predicted octanol–water partition coefficient (Wildman–Crippen LogP) is 0.674. The van der Waals surface area contributed by atoms with E-state index in [0.717, 1.165) is 5.69 Å². The Labute approximate surface area is 87.1 Å². The number of aliphatic carboxylic acids is 1. The van der Waals surface area contributed by atoms with Crippen LogP contribution in [0.2, 0.25) is 0 Å². The second kappa shape index (κ2) is 4.75. The molecule has 0 aromatic heterocycles. The number of benzene rings is 1. The van der Waals surface area contributed by atoms with E-state index in [1.54, 1.807) is 24.1 Å². The van der Waals surface area contributed by atoms with Crippen molar-refractivity contribution in [1.29, 1.82) is 0 Å². The predicted molar refractivity (Wildman–Crippen MR) is 55.3 cm³/mol. The molecule has 0 aliphatic carbocycles. The van der Waals surface area contributed by atoms with Crippen LogP contribution in [0.4, 0.5) is 10.1 Å². The van der Waals surface area contributed by atoms with Gasteiger partial charge < -0.3 is 15.7 Å². The fourth-order valence-electron chi connectivity index (χ4n) is 1.17. The van der Waals surface area contributed by atoms with Gasteiger partial charge in [0.25, 0.3) is 0 Å². The van der Waals surface area contributed by atoms with E-state index in [2.05, 4.69) is 0 Å². The fourth-order valence-corrected chi connectivity index (χ4v) is 1.17. The van der Waals surface area contributed by atoms with Crippen LogP contribution in [-0.2, 0) is 4.79 Å². The Balaban J connectivity index is 2.64. The van der Waals surface area contributed by atoms with Crippen molar-refractivity contribution >= 4 is 11.7 Å². The normalized spacial score (nSPS) is 12.2. The number of carboxylic acids is 1. The van der Waals surface area contributed by atoms with E-state index < -0.39 is 12.0 Å². The summed E-state index contributed by atoms with van der Waals surface area (Å²) in [6.07, 6.45) is 0. The number of hydrogen-bond acceptors (Lipinski definition) is 3. The Morgan fingerprint density at radius 3 is 2.53 bits per heavy atom. The number of likely N-dealkylation sites (N-methyl/N-ethyl adjacent to an activating group) is 1. The van der Waals surface area contributed by atoms with Crippen molar-refractivity contribution < 1.29 is 14.3 Å². The average molecular weight is 212 g/mol. The summed E-state index contributed by atoms with van der Waals surface area (Å²) in [5, 5.41) is 8.61. The van der Waals surface area contributed by atoms with Gasteiger partial charge in [-0.05, 0) is 24.3 Å². The molecule has 82 valence electrons. The maximum absolute atomic E-state index is 12.6. The lowest BCUT2D eigenvalue weighted by Gasteiger charge is -2.21. The van der Waals surface area contributed by atoms with Gasteiger partial charge in [0.2, 0.25) is 0 Å². The van der Waals surface area contributed by atoms with Crippen molar-refractivity contribution in [2.75, 3.05) is 18.5 Å². The molecule has 0 spiro atoms. The minimum absolute atomic E-state index is 0.182. The molecule has 1 atom stereocenters. The summed E-state index contributed by atoms with van der Waals surface area (Å²) in [6, 6.07) is 4.84. The summed E-state index contributed by atoms with van der Waals surface area (Å²) >= 11 is 0. The van der Waals surface area contributed by atoms with Gasteiger partial charge in [0, 0.05) is 19.3 Å². The molecule has 0 heterocycles. The van der Waals surface area contributed by atoms with Crippen LogP contribution in [0.1, 0.15) is 0 Å². The van der Waals surface area contributed by atoms with Gasteiger partial charge in [-0.3, -0.25) is 4.79 Å². The van der Waals surface area contributed by atoms with Gasteiger partial charge in [0.05, 0.1) is 0 Å². The molecule has 15 heavy (non-hydrogen) atoms. The van der Waals surface area contributed by atoms with Crippen molar-refractivity contribution in [2.24, 2.45) is 5.73 Å². The summed E-state index contributed by atoms with van der Waals surface area (Å²) in [5.41, 5.74) is 6.10. The molecule has 1 aromatic carbocycles. The van der Waals surface area contributed by atoms with Crippen LogP contribution in [0, 0.1) is 5.82 Å². The Hall–Kier alpha value is -1.62. The monoisotopic (exact) mass is 212 g/mol. The van der Waals surface area contributed by atoms with Gasteiger partial charge in [-0.2, -0.15) is 0 Å². The van der Waals surface area contributed by atoms with Gasteiger partial charge in [-0.25, -0.2) is 4.39 Å². The maximum Gasteiger partial charge on any atom is 0.322 e. The molecule has 0 fully saturated rings. The Bertz CT molecular complexity index is 340. The third-order valence-corrected chi connectivity index (χ3v) is 2.06. The zero-order chi connectivity index (χ0) is 11.4. The van der Waals surface area contributed by atoms with Crippen LogP contribution in [0.3, 0.4) is 0 Å². The molecule has 0 saturated carbocycles. The molecule has 5 heteroatoms. The van der Waals surface area contributed by atoms with E-state index in [0.29, 0.717) is 0 Å². The second-order valence-corrected chi connectivity index (χ2v) is 3.30. The van der Waals surface area contributed by atoms with Gasteiger partial charge in [-0.1, -0.05) is 0 Å². The summed E-state index contributed by atoms with van der Waals surface area (Å²) in [6.45, 7) is 0.182. The van der Waals surface area contributed by atoms with Crippen molar-refractivity contribution in [3.8, 4) is 0 Å². The first-order chi connectivity index (χ1) is 7.00. The van der Waals surface area contributed by atoms with Crippen LogP contribution in [0.15, 0.2) is 24.3 Å². The molecular formula is C10H13FN2O2. The molecule has 0 amide bonds. The molecule has 0 radical (unpaired) electrons. The van der Waals surface area contributed by atoms with E-state index in [9.17, 15) is 9.18 Å². The lowest BCUT2D eigenvalue weighted by Crippen LogP contribution is -2.41. The molecular weight excluding hydrogens is 199 g/mol. The van der Waals surface area contributed by atoms with Crippen molar-refractivity contribution in [2.45, 2.75) is 6.04 Å². The van der Waals surface area contributed by atoms with Crippen LogP contribution in [0.5, 0.6) is 0 Å². The first-order valence-corrected chi connectivity index (χ1v) is 4.46. The Morgan fingerprint density at radius 1 is 1.53 bits per heavy atom. The Kier molecular flexibility index (Phi) is 3.62. The minimum Gasteiger partial charge on any atom is -0.480 e. The highest BCUT2D eigenvalue weighted by atomic mass is 19.1. The van der Waals surface area contributed by atoms with E-state index in [-0.39, 0.29) is 12.4 Å². The number of carbonyl (C=O) groups is 1. The summed E-state index contributed by atoms with van der Waals surface area (Å²) in [5.74, 6) is -1.38. The fraction of sp³-hybridized carbons (Fsp3) is 0.300. The number of nitrogens with two attached hydrogens (primary N) is 1. The highest BCUT2D eigenvalue weighted by Crippen LogP contribution is 2.12. The highest BCUT2D eigenvalue weighted by molar-refractivity contribution is 5.74. The summed E-state index contributed by atoms with van der Waals surface area (Å²) in [7, 11) is 1.70. The van der Waals surface area contributed by atoms with Gasteiger partial charge in [0.15, 0.2) is 0 Å². The first kappa shape index (κ1) is 11.5. The van der Waals surface area contributed by atoms with Crippen molar-refractivity contribution in [3.05, 3.63) is 30.1 Å². The largest absolute Gasteiger partial charge is 0.480 e. The third-order valence-electron chi connectivity index (χ3n) is 2.06. The Morgan fingerprint density at radius 2 is 2.07 bits per heavy atom. The van der Waals surface area contributed by atoms with Crippen LogP contribution < -0.4 is 10.6 Å². The van der Waals surface area contributed by atoms with Crippen LogP contribution in [-0.4, -0.2) is 30.7 Å². The standard InChI is InChI=1S/C10H13FN2O2/c1-13(6-9(12)10(14)15)8-4-2-7(11)3-5-8/h2-5,9H,6,12H2,1H3,(H,14,15). The topological polar surface area (TPSA) is 66.6 Å². The number of hydrogen-bond donors (Lipinski definition) is 2. The van der Waals surface area contributed by atoms with E-state index in [1.165, 1.54) is 12.1 Å². The van der Waals surface area contributed by atoms with Gasteiger partial charge in [0.1, 0.15) is 11.9 Å². The van der Waals surface area contributed by atoms with Crippen molar-refractivity contribution in [3.63, 3.8) is 0 Å². The van der Waals surface area contributed by atoms with Crippen LogP contribution >= 0.6 is 0 Å². The van der Waals surface area contributed by atoms with Crippen LogP contribution in [0.25, 0.3) is 0 Å². The number of carboxylic acid groups (broad SMARTS) is 1. The molecule has 0 aliphatic heterocycles. The third kappa shape index (κ3) is 3.21. The number of anilines is 1. The molecule has 0 aliphatic rings. The van der Waals surface area contributed by atoms with Gasteiger partial charge in [-0.15, -0.1) is 0 Å². The zero-order valence-electron chi connectivity index (χ0n) is 8.35. The lowest BCUT2D eigenvalue weighted by atomic mass is 10.2. The first-order valence-electron chi connectivity index (χ1n) is 4.46. The van der Waals surface area contributed by atoms with E-state index in [1.807, 2.05) is 0 Å². The molecule has 4 nitrogen and oxygen atoms in total. The zero-order valence-corrected chi connectivity index (χ0v) is 8.35. The SMILES string of the molecule is CN(CC(N)C(=O)O)c1ccc(F)cc1. The molecule has 0 saturated heterocycles. The smallest absolute Gasteiger partial charge is 0.322 e. The molecule has 1 rings (SSSR count). The highest BCUT2D eigenvalue weighted by Gasteiger charge is 2.14. The summed E-state index contributed by atoms with van der Waals surface area (Å²) in [4.78, 5) is 12.2. The molecule has 1 aromatic rings. The van der Waals surface area contributed by atoms with E-state index >= 15 is 0 Å². The lowest BCUT2D eigenvalue weighted by molar-refractivity contribution is -0.138. The molecule has 0 bridgehead atoms.